The molecule has 1 N–H and O–H groups in total. The third kappa shape index (κ3) is 2.74. The van der Waals surface area contributed by atoms with Gasteiger partial charge in [-0.15, -0.1) is 0 Å². The number of halogens is 4. The highest BCUT2D eigenvalue weighted by Gasteiger charge is 2.31. The fraction of sp³-hybridized carbons (Fsp3) is 0.211. The van der Waals surface area contributed by atoms with Gasteiger partial charge in [0.2, 0.25) is 0 Å². The van der Waals surface area contributed by atoms with E-state index in [4.69, 9.17) is 11.6 Å². The van der Waals surface area contributed by atoms with E-state index in [0.29, 0.717) is 16.3 Å². The second-order valence-corrected chi connectivity index (χ2v) is 6.63. The van der Waals surface area contributed by atoms with Crippen molar-refractivity contribution in [1.29, 1.82) is 0 Å². The fourth-order valence-electron chi connectivity index (χ4n) is 3.22. The summed E-state index contributed by atoms with van der Waals surface area (Å²) >= 11 is 6.23. The van der Waals surface area contributed by atoms with Gasteiger partial charge in [0.1, 0.15) is 5.82 Å². The van der Waals surface area contributed by atoms with Crippen molar-refractivity contribution >= 4 is 17.4 Å². The zero-order valence-electron chi connectivity index (χ0n) is 13.9. The standard InChI is InChI=1S/C19H15ClF3N3/c1-11-15(20)3-2-4-16(11)26-18-14(9-10-24-18)17(25-26)12-5-7-13(8-6-12)19(21,22)23/h2-8,24H,9-10H2,1H3. The average Bonchev–Trinajstić information content (AvgIpc) is 3.19. The second kappa shape index (κ2) is 6.06. The fourth-order valence-corrected chi connectivity index (χ4v) is 3.39. The number of anilines is 1. The first-order chi connectivity index (χ1) is 12.4. The number of benzene rings is 2. The lowest BCUT2D eigenvalue weighted by Crippen LogP contribution is -2.06. The van der Waals surface area contributed by atoms with Crippen molar-refractivity contribution in [2.75, 3.05) is 11.9 Å². The molecule has 2 aromatic carbocycles. The summed E-state index contributed by atoms with van der Waals surface area (Å²) in [5.41, 5.74) is 3.44. The van der Waals surface area contributed by atoms with Gasteiger partial charge in [0.25, 0.3) is 0 Å². The Labute approximate surface area is 153 Å². The number of hydrogen-bond acceptors (Lipinski definition) is 2. The van der Waals surface area contributed by atoms with Gasteiger partial charge in [0, 0.05) is 22.7 Å². The molecule has 0 radical (unpaired) electrons. The molecule has 2 heterocycles. The summed E-state index contributed by atoms with van der Waals surface area (Å²) in [4.78, 5) is 0. The van der Waals surface area contributed by atoms with Crippen LogP contribution in [-0.2, 0) is 12.6 Å². The highest BCUT2D eigenvalue weighted by atomic mass is 35.5. The minimum absolute atomic E-state index is 0.640. The molecule has 134 valence electrons. The molecule has 1 aliphatic heterocycles. The van der Waals surface area contributed by atoms with E-state index in [2.05, 4.69) is 10.4 Å². The van der Waals surface area contributed by atoms with Crippen LogP contribution < -0.4 is 5.32 Å². The smallest absolute Gasteiger partial charge is 0.369 e. The minimum atomic E-state index is -4.35. The first-order valence-corrected chi connectivity index (χ1v) is 8.53. The summed E-state index contributed by atoms with van der Waals surface area (Å²) in [6.45, 7) is 2.68. The average molecular weight is 378 g/mol. The molecule has 0 amide bonds. The van der Waals surface area contributed by atoms with Crippen LogP contribution in [0.15, 0.2) is 42.5 Å². The molecule has 0 fully saturated rings. The molecule has 1 aliphatic rings. The van der Waals surface area contributed by atoms with Crippen molar-refractivity contribution < 1.29 is 13.2 Å². The predicted molar refractivity (Wildman–Crippen MR) is 95.9 cm³/mol. The van der Waals surface area contributed by atoms with Crippen LogP contribution in [0.2, 0.25) is 5.02 Å². The van der Waals surface area contributed by atoms with Crippen LogP contribution in [0.1, 0.15) is 16.7 Å². The van der Waals surface area contributed by atoms with Crippen LogP contribution in [-0.4, -0.2) is 16.3 Å². The lowest BCUT2D eigenvalue weighted by atomic mass is 10.0. The van der Waals surface area contributed by atoms with Gasteiger partial charge in [-0.25, -0.2) is 4.68 Å². The van der Waals surface area contributed by atoms with Crippen molar-refractivity contribution in [1.82, 2.24) is 9.78 Å². The van der Waals surface area contributed by atoms with Crippen molar-refractivity contribution in [2.45, 2.75) is 19.5 Å². The van der Waals surface area contributed by atoms with E-state index in [1.54, 1.807) is 4.68 Å². The maximum Gasteiger partial charge on any atom is 0.416 e. The quantitative estimate of drug-likeness (QED) is 0.640. The van der Waals surface area contributed by atoms with E-state index in [1.165, 1.54) is 12.1 Å². The van der Waals surface area contributed by atoms with E-state index in [0.717, 1.165) is 47.7 Å². The summed E-state index contributed by atoms with van der Waals surface area (Å²) in [5, 5.41) is 8.64. The van der Waals surface area contributed by atoms with Crippen molar-refractivity contribution in [2.24, 2.45) is 0 Å². The number of alkyl halides is 3. The normalized spacial score (nSPS) is 13.6. The van der Waals surface area contributed by atoms with Crippen LogP contribution >= 0.6 is 11.6 Å². The van der Waals surface area contributed by atoms with E-state index in [-0.39, 0.29) is 0 Å². The Hall–Kier alpha value is -2.47. The summed E-state index contributed by atoms with van der Waals surface area (Å²) in [6.07, 6.45) is -3.58. The Bertz CT molecular complexity index is 975. The molecule has 0 atom stereocenters. The van der Waals surface area contributed by atoms with Crippen molar-refractivity contribution in [3.63, 3.8) is 0 Å². The summed E-state index contributed by atoms with van der Waals surface area (Å²) < 4.78 is 40.2. The molecular weight excluding hydrogens is 363 g/mol. The first-order valence-electron chi connectivity index (χ1n) is 8.15. The molecule has 3 aromatic rings. The highest BCUT2D eigenvalue weighted by molar-refractivity contribution is 6.31. The van der Waals surface area contributed by atoms with Crippen molar-refractivity contribution in [3.8, 4) is 16.9 Å². The summed E-state index contributed by atoms with van der Waals surface area (Å²) in [7, 11) is 0. The van der Waals surface area contributed by atoms with Crippen LogP contribution in [0.3, 0.4) is 0 Å². The van der Waals surface area contributed by atoms with Gasteiger partial charge in [-0.3, -0.25) is 0 Å². The van der Waals surface area contributed by atoms with E-state index in [1.807, 2.05) is 25.1 Å². The zero-order chi connectivity index (χ0) is 18.5. The molecule has 0 aliphatic carbocycles. The van der Waals surface area contributed by atoms with Gasteiger partial charge in [0.05, 0.1) is 16.9 Å². The molecule has 0 bridgehead atoms. The molecular formula is C19H15ClF3N3. The molecule has 4 rings (SSSR count). The van der Waals surface area contributed by atoms with E-state index >= 15 is 0 Å². The monoisotopic (exact) mass is 377 g/mol. The predicted octanol–water partition coefficient (Wildman–Crippen LogP) is 5.49. The third-order valence-electron chi connectivity index (χ3n) is 4.60. The number of aromatic nitrogens is 2. The lowest BCUT2D eigenvalue weighted by Gasteiger charge is -2.10. The van der Waals surface area contributed by atoms with Crippen LogP contribution in [0.4, 0.5) is 19.0 Å². The number of nitrogens with one attached hydrogen (secondary N) is 1. The van der Waals surface area contributed by atoms with Gasteiger partial charge in [-0.2, -0.15) is 18.3 Å². The van der Waals surface area contributed by atoms with Gasteiger partial charge < -0.3 is 5.32 Å². The molecule has 7 heteroatoms. The Balaban J connectivity index is 1.83. The number of rotatable bonds is 2. The SMILES string of the molecule is Cc1c(Cl)cccc1-n1nc(-c2ccc(C(F)(F)F)cc2)c2c1NCC2. The van der Waals surface area contributed by atoms with Gasteiger partial charge >= 0.3 is 6.18 Å². The van der Waals surface area contributed by atoms with Crippen LogP contribution in [0.25, 0.3) is 16.9 Å². The summed E-state index contributed by atoms with van der Waals surface area (Å²) in [5.74, 6) is 0.866. The number of hydrogen-bond donors (Lipinski definition) is 1. The van der Waals surface area contributed by atoms with Gasteiger partial charge in [-0.1, -0.05) is 29.8 Å². The molecule has 0 saturated carbocycles. The van der Waals surface area contributed by atoms with E-state index in [9.17, 15) is 13.2 Å². The molecule has 0 unspecified atom stereocenters. The first kappa shape index (κ1) is 17.0. The van der Waals surface area contributed by atoms with Crippen LogP contribution in [0.5, 0.6) is 0 Å². The zero-order valence-corrected chi connectivity index (χ0v) is 14.6. The third-order valence-corrected chi connectivity index (χ3v) is 5.01. The topological polar surface area (TPSA) is 29.9 Å². The Morgan fingerprint density at radius 2 is 1.85 bits per heavy atom. The van der Waals surface area contributed by atoms with Gasteiger partial charge in [-0.05, 0) is 43.2 Å². The summed E-state index contributed by atoms with van der Waals surface area (Å²) in [6, 6.07) is 10.7. The molecule has 0 spiro atoms. The van der Waals surface area contributed by atoms with Crippen molar-refractivity contribution in [3.05, 3.63) is 64.2 Å². The molecule has 3 nitrogen and oxygen atoms in total. The Morgan fingerprint density at radius 3 is 2.54 bits per heavy atom. The minimum Gasteiger partial charge on any atom is -0.369 e. The molecule has 1 aromatic heterocycles. The molecule has 26 heavy (non-hydrogen) atoms. The Morgan fingerprint density at radius 1 is 1.12 bits per heavy atom. The van der Waals surface area contributed by atoms with Crippen LogP contribution in [0, 0.1) is 6.92 Å². The maximum absolute atomic E-state index is 12.8. The van der Waals surface area contributed by atoms with Gasteiger partial charge in [0.15, 0.2) is 0 Å². The van der Waals surface area contributed by atoms with E-state index < -0.39 is 11.7 Å². The lowest BCUT2D eigenvalue weighted by molar-refractivity contribution is -0.137. The number of fused-ring (bicyclic) bond motifs is 1. The largest absolute Gasteiger partial charge is 0.416 e. The molecule has 0 saturated heterocycles. The maximum atomic E-state index is 12.8. The second-order valence-electron chi connectivity index (χ2n) is 6.22. The number of nitrogens with zero attached hydrogens (tertiary/aromatic N) is 2. The highest BCUT2D eigenvalue weighted by Crippen LogP contribution is 2.37. The Kier molecular flexibility index (Phi) is 3.95.